The van der Waals surface area contributed by atoms with Crippen LogP contribution in [0.5, 0.6) is 0 Å². The lowest BCUT2D eigenvalue weighted by molar-refractivity contribution is 0.0701. The van der Waals surface area contributed by atoms with Crippen molar-refractivity contribution in [2.45, 2.75) is 65.5 Å². The maximum Gasteiger partial charge on any atom is 0.259 e. The number of nitrogens with zero attached hydrogens (tertiary/aromatic N) is 3. The molecule has 1 atom stereocenters. The van der Waals surface area contributed by atoms with Gasteiger partial charge in [0.2, 0.25) is 0 Å². The first-order chi connectivity index (χ1) is 12.8. The van der Waals surface area contributed by atoms with Crippen LogP contribution in [0.25, 0.3) is 0 Å². The fourth-order valence-corrected chi connectivity index (χ4v) is 3.51. The third kappa shape index (κ3) is 4.31. The molecule has 1 aliphatic heterocycles. The Kier molecular flexibility index (Phi) is 5.53. The molecule has 1 unspecified atom stereocenters. The molecule has 1 saturated heterocycles. The lowest BCUT2D eigenvalue weighted by atomic mass is 9.95. The summed E-state index contributed by atoms with van der Waals surface area (Å²) in [6.07, 6.45) is 5.42. The minimum absolute atomic E-state index is 0.00797. The molecule has 0 aromatic carbocycles. The highest BCUT2D eigenvalue weighted by Gasteiger charge is 2.33. The van der Waals surface area contributed by atoms with Crippen LogP contribution in [-0.4, -0.2) is 33.4 Å². The maximum absolute atomic E-state index is 13.3. The number of carbonyl (C=O) groups excluding carboxylic acids is 1. The zero-order valence-corrected chi connectivity index (χ0v) is 17.0. The third-order valence-corrected chi connectivity index (χ3v) is 5.03. The second-order valence-corrected chi connectivity index (χ2v) is 8.59. The topological polar surface area (TPSA) is 71.3 Å². The molecule has 1 N–H and O–H groups in total. The van der Waals surface area contributed by atoms with Crippen LogP contribution < -0.4 is 5.32 Å². The van der Waals surface area contributed by atoms with Crippen molar-refractivity contribution >= 4 is 11.7 Å². The van der Waals surface area contributed by atoms with E-state index in [4.69, 9.17) is 9.40 Å². The number of likely N-dealkylation sites (tertiary alicyclic amines) is 1. The van der Waals surface area contributed by atoms with Gasteiger partial charge in [0.1, 0.15) is 23.0 Å². The highest BCUT2D eigenvalue weighted by atomic mass is 16.3. The first kappa shape index (κ1) is 19.4. The second kappa shape index (κ2) is 7.71. The molecule has 146 valence electrons. The normalized spacial score (nSPS) is 17.6. The molecule has 0 aliphatic carbocycles. The summed E-state index contributed by atoms with van der Waals surface area (Å²) in [7, 11) is 0. The van der Waals surface area contributed by atoms with Gasteiger partial charge in [0.05, 0.1) is 12.8 Å². The highest BCUT2D eigenvalue weighted by Crippen LogP contribution is 2.28. The van der Waals surface area contributed by atoms with E-state index < -0.39 is 0 Å². The van der Waals surface area contributed by atoms with Gasteiger partial charge in [0, 0.05) is 24.2 Å². The van der Waals surface area contributed by atoms with Gasteiger partial charge in [-0.05, 0) is 30.9 Å². The monoisotopic (exact) mass is 370 g/mol. The average molecular weight is 370 g/mol. The minimum Gasteiger partial charge on any atom is -0.467 e. The number of anilines is 1. The summed E-state index contributed by atoms with van der Waals surface area (Å²) in [6, 6.07) is 4.02. The molecular formula is C21H30N4O2. The summed E-state index contributed by atoms with van der Waals surface area (Å²) in [6.45, 7) is 11.8. The van der Waals surface area contributed by atoms with E-state index in [1.165, 1.54) is 0 Å². The number of aromatic nitrogens is 2. The Balaban J connectivity index is 1.91. The minimum atomic E-state index is -0.198. The van der Waals surface area contributed by atoms with Crippen molar-refractivity contribution in [1.29, 1.82) is 0 Å². The number of carbonyl (C=O) groups is 1. The lowest BCUT2D eigenvalue weighted by Crippen LogP contribution is -2.39. The first-order valence-corrected chi connectivity index (χ1v) is 9.72. The van der Waals surface area contributed by atoms with E-state index in [1.807, 2.05) is 17.0 Å². The Morgan fingerprint density at radius 2 is 2.19 bits per heavy atom. The quantitative estimate of drug-likeness (QED) is 0.852. The SMILES string of the molecule is CC(C)C1CCCN1C(=O)c1cnc(C(C)(C)C)nc1NCc1ccco1. The number of rotatable bonds is 5. The van der Waals surface area contributed by atoms with E-state index in [0.29, 0.717) is 29.7 Å². The Morgan fingerprint density at radius 1 is 1.41 bits per heavy atom. The van der Waals surface area contributed by atoms with Crippen molar-refractivity contribution in [3.8, 4) is 0 Å². The van der Waals surface area contributed by atoms with Crippen LogP contribution in [0.4, 0.5) is 5.82 Å². The van der Waals surface area contributed by atoms with Crippen LogP contribution in [0.1, 0.15) is 69.4 Å². The fraction of sp³-hybridized carbons (Fsp3) is 0.571. The summed E-state index contributed by atoms with van der Waals surface area (Å²) < 4.78 is 5.40. The number of amides is 1. The largest absolute Gasteiger partial charge is 0.467 e. The van der Waals surface area contributed by atoms with E-state index >= 15 is 0 Å². The molecular weight excluding hydrogens is 340 g/mol. The van der Waals surface area contributed by atoms with Gasteiger partial charge in [-0.25, -0.2) is 9.97 Å². The Hall–Kier alpha value is -2.37. The van der Waals surface area contributed by atoms with Crippen LogP contribution in [0.3, 0.4) is 0 Å². The van der Waals surface area contributed by atoms with Crippen molar-refractivity contribution in [2.75, 3.05) is 11.9 Å². The molecule has 6 nitrogen and oxygen atoms in total. The average Bonchev–Trinajstić information content (AvgIpc) is 3.29. The van der Waals surface area contributed by atoms with Gasteiger partial charge in [-0.1, -0.05) is 34.6 Å². The van der Waals surface area contributed by atoms with Gasteiger partial charge < -0.3 is 14.6 Å². The molecule has 27 heavy (non-hydrogen) atoms. The molecule has 6 heteroatoms. The number of hydrogen-bond acceptors (Lipinski definition) is 5. The van der Waals surface area contributed by atoms with E-state index in [9.17, 15) is 4.79 Å². The smallest absolute Gasteiger partial charge is 0.259 e. The Morgan fingerprint density at radius 3 is 2.81 bits per heavy atom. The fourth-order valence-electron chi connectivity index (χ4n) is 3.51. The standard InChI is InChI=1S/C21H30N4O2/c1-14(2)17-9-6-10-25(17)19(26)16-13-23-20(21(3,4)5)24-18(16)22-12-15-8-7-11-27-15/h7-8,11,13-14,17H,6,9-10,12H2,1-5H3,(H,22,23,24). The maximum atomic E-state index is 13.3. The molecule has 0 saturated carbocycles. The third-order valence-electron chi connectivity index (χ3n) is 5.03. The van der Waals surface area contributed by atoms with Gasteiger partial charge >= 0.3 is 0 Å². The van der Waals surface area contributed by atoms with Crippen LogP contribution in [0, 0.1) is 5.92 Å². The molecule has 0 radical (unpaired) electrons. The van der Waals surface area contributed by atoms with Gasteiger partial charge in [-0.15, -0.1) is 0 Å². The zero-order chi connectivity index (χ0) is 19.6. The molecule has 0 spiro atoms. The first-order valence-electron chi connectivity index (χ1n) is 9.72. The molecule has 0 bridgehead atoms. The van der Waals surface area contributed by atoms with E-state index in [0.717, 1.165) is 25.1 Å². The predicted molar refractivity (Wildman–Crippen MR) is 106 cm³/mol. The molecule has 2 aromatic heterocycles. The Labute approximate surface area is 161 Å². The molecule has 2 aromatic rings. The lowest BCUT2D eigenvalue weighted by Gasteiger charge is -2.28. The number of nitrogens with one attached hydrogen (secondary N) is 1. The van der Waals surface area contributed by atoms with Crippen LogP contribution in [0.2, 0.25) is 0 Å². The molecule has 1 amide bonds. The summed E-state index contributed by atoms with van der Waals surface area (Å²) in [5.74, 6) is 2.53. The zero-order valence-electron chi connectivity index (χ0n) is 17.0. The second-order valence-electron chi connectivity index (χ2n) is 8.59. The van der Waals surface area contributed by atoms with Gasteiger partial charge in [-0.2, -0.15) is 0 Å². The highest BCUT2D eigenvalue weighted by molar-refractivity contribution is 5.98. The van der Waals surface area contributed by atoms with Crippen molar-refractivity contribution in [1.82, 2.24) is 14.9 Å². The van der Waals surface area contributed by atoms with Crippen LogP contribution in [-0.2, 0) is 12.0 Å². The van der Waals surface area contributed by atoms with Crippen molar-refractivity contribution in [3.05, 3.63) is 41.7 Å². The number of hydrogen-bond donors (Lipinski definition) is 1. The summed E-state index contributed by atoms with van der Waals surface area (Å²) in [5, 5.41) is 3.28. The predicted octanol–water partition coefficient (Wildman–Crippen LogP) is 4.24. The molecule has 1 fully saturated rings. The van der Waals surface area contributed by atoms with Crippen LogP contribution in [0.15, 0.2) is 29.0 Å². The van der Waals surface area contributed by atoms with Crippen molar-refractivity contribution in [2.24, 2.45) is 5.92 Å². The van der Waals surface area contributed by atoms with Gasteiger partial charge in [0.25, 0.3) is 5.91 Å². The van der Waals surface area contributed by atoms with E-state index in [-0.39, 0.29) is 17.4 Å². The van der Waals surface area contributed by atoms with Gasteiger partial charge in [-0.3, -0.25) is 4.79 Å². The molecule has 1 aliphatic rings. The number of furan rings is 1. The van der Waals surface area contributed by atoms with Crippen molar-refractivity contribution < 1.29 is 9.21 Å². The van der Waals surface area contributed by atoms with E-state index in [1.54, 1.807) is 12.5 Å². The van der Waals surface area contributed by atoms with Crippen molar-refractivity contribution in [3.63, 3.8) is 0 Å². The summed E-state index contributed by atoms with van der Waals surface area (Å²) in [5.41, 5.74) is 0.332. The summed E-state index contributed by atoms with van der Waals surface area (Å²) in [4.78, 5) is 24.5. The van der Waals surface area contributed by atoms with Gasteiger partial charge in [0.15, 0.2) is 0 Å². The molecule has 3 rings (SSSR count). The molecule has 3 heterocycles. The van der Waals surface area contributed by atoms with E-state index in [2.05, 4.69) is 44.9 Å². The Bertz CT molecular complexity index is 778. The van der Waals surface area contributed by atoms with Crippen LogP contribution >= 0.6 is 0 Å². The summed E-state index contributed by atoms with van der Waals surface area (Å²) >= 11 is 0.